The summed E-state index contributed by atoms with van der Waals surface area (Å²) in [5, 5.41) is 5.18. The third kappa shape index (κ3) is 3.64. The van der Waals surface area contributed by atoms with E-state index in [0.717, 1.165) is 16.5 Å². The van der Waals surface area contributed by atoms with Gasteiger partial charge in [0.15, 0.2) is 0 Å². The number of hydrogen-bond donors (Lipinski definition) is 2. The minimum atomic E-state index is -1.27. The van der Waals surface area contributed by atoms with E-state index in [1.165, 1.54) is 12.1 Å². The Morgan fingerprint density at radius 2 is 1.89 bits per heavy atom. The highest BCUT2D eigenvalue weighted by atomic mass is 35.5. The van der Waals surface area contributed by atoms with Crippen LogP contribution in [0.5, 0.6) is 0 Å². The van der Waals surface area contributed by atoms with Crippen molar-refractivity contribution in [1.82, 2.24) is 10.2 Å². The summed E-state index contributed by atoms with van der Waals surface area (Å²) in [7, 11) is 0. The smallest absolute Gasteiger partial charge is 0.322 e. The van der Waals surface area contributed by atoms with Crippen LogP contribution in [0.25, 0.3) is 0 Å². The summed E-state index contributed by atoms with van der Waals surface area (Å²) in [4.78, 5) is 38.1. The lowest BCUT2D eigenvalue weighted by Gasteiger charge is -2.22. The van der Waals surface area contributed by atoms with Gasteiger partial charge in [0.25, 0.3) is 5.91 Å². The van der Waals surface area contributed by atoms with Gasteiger partial charge in [0.1, 0.15) is 17.9 Å². The molecule has 1 saturated heterocycles. The second-order valence-electron chi connectivity index (χ2n) is 6.48. The van der Waals surface area contributed by atoms with Crippen molar-refractivity contribution in [2.24, 2.45) is 0 Å². The van der Waals surface area contributed by atoms with Gasteiger partial charge in [0.05, 0.1) is 5.69 Å². The Bertz CT molecular complexity index is 932. The first kappa shape index (κ1) is 18.8. The molecule has 0 aromatic heterocycles. The third-order valence-corrected chi connectivity index (χ3v) is 4.64. The number of amides is 4. The first-order chi connectivity index (χ1) is 12.7. The lowest BCUT2D eigenvalue weighted by molar-refractivity contribution is -0.133. The van der Waals surface area contributed by atoms with Crippen LogP contribution in [0.2, 0.25) is 5.02 Å². The lowest BCUT2D eigenvalue weighted by Crippen LogP contribution is -2.42. The van der Waals surface area contributed by atoms with E-state index in [1.807, 2.05) is 19.1 Å². The van der Waals surface area contributed by atoms with Crippen molar-refractivity contribution in [2.75, 3.05) is 11.9 Å². The van der Waals surface area contributed by atoms with Gasteiger partial charge < -0.3 is 10.6 Å². The lowest BCUT2D eigenvalue weighted by atomic mass is 9.91. The van der Waals surface area contributed by atoms with Crippen LogP contribution in [0.3, 0.4) is 0 Å². The molecule has 0 bridgehead atoms. The van der Waals surface area contributed by atoms with Crippen LogP contribution in [0.4, 0.5) is 14.9 Å². The molecule has 8 heteroatoms. The van der Waals surface area contributed by atoms with Crippen LogP contribution in [0.1, 0.15) is 18.1 Å². The Labute approximate surface area is 160 Å². The number of aryl methyl sites for hydroxylation is 1. The minimum absolute atomic E-state index is 0.124. The fourth-order valence-corrected chi connectivity index (χ4v) is 3.02. The van der Waals surface area contributed by atoms with Crippen LogP contribution in [-0.2, 0) is 15.1 Å². The van der Waals surface area contributed by atoms with Gasteiger partial charge in [0.2, 0.25) is 5.91 Å². The van der Waals surface area contributed by atoms with Crippen molar-refractivity contribution < 1.29 is 18.8 Å². The zero-order chi connectivity index (χ0) is 19.8. The molecule has 0 saturated carbocycles. The number of hydrogen-bond acceptors (Lipinski definition) is 3. The molecule has 0 unspecified atom stereocenters. The molecule has 0 spiro atoms. The van der Waals surface area contributed by atoms with Crippen molar-refractivity contribution >= 4 is 35.1 Å². The predicted molar refractivity (Wildman–Crippen MR) is 98.8 cm³/mol. The first-order valence-corrected chi connectivity index (χ1v) is 8.54. The monoisotopic (exact) mass is 389 g/mol. The third-order valence-electron chi connectivity index (χ3n) is 4.41. The number of nitrogens with zero attached hydrogens (tertiary/aromatic N) is 1. The van der Waals surface area contributed by atoms with Gasteiger partial charge in [0, 0.05) is 5.02 Å². The molecule has 3 rings (SSSR count). The molecule has 2 N–H and O–H groups in total. The van der Waals surface area contributed by atoms with Gasteiger partial charge in [-0.3, -0.25) is 14.5 Å². The van der Waals surface area contributed by atoms with E-state index in [4.69, 9.17) is 11.6 Å². The van der Waals surface area contributed by atoms with Crippen LogP contribution in [0, 0.1) is 12.7 Å². The fourth-order valence-electron chi connectivity index (χ4n) is 2.85. The Hall–Kier alpha value is -2.93. The molecule has 1 aliphatic rings. The molecule has 0 radical (unpaired) electrons. The summed E-state index contributed by atoms with van der Waals surface area (Å²) in [6, 6.07) is 10.2. The highest BCUT2D eigenvalue weighted by Crippen LogP contribution is 2.29. The molecule has 0 aliphatic carbocycles. The maximum absolute atomic E-state index is 13.7. The second kappa shape index (κ2) is 7.00. The average molecular weight is 390 g/mol. The van der Waals surface area contributed by atoms with Crippen molar-refractivity contribution in [3.8, 4) is 0 Å². The summed E-state index contributed by atoms with van der Waals surface area (Å²) in [6.45, 7) is 2.94. The van der Waals surface area contributed by atoms with E-state index < -0.39 is 35.7 Å². The van der Waals surface area contributed by atoms with Crippen molar-refractivity contribution in [2.45, 2.75) is 19.4 Å². The van der Waals surface area contributed by atoms with Gasteiger partial charge in [-0.05, 0) is 37.6 Å². The molecule has 1 atom stereocenters. The van der Waals surface area contributed by atoms with Gasteiger partial charge >= 0.3 is 6.03 Å². The number of imide groups is 1. The molecular weight excluding hydrogens is 373 g/mol. The quantitative estimate of drug-likeness (QED) is 0.788. The number of anilines is 1. The van der Waals surface area contributed by atoms with Crippen molar-refractivity contribution in [3.05, 3.63) is 64.4 Å². The molecule has 1 aliphatic heterocycles. The second-order valence-corrected chi connectivity index (χ2v) is 6.92. The van der Waals surface area contributed by atoms with Crippen LogP contribution in [-0.4, -0.2) is 29.3 Å². The summed E-state index contributed by atoms with van der Waals surface area (Å²) in [5.74, 6) is -1.94. The van der Waals surface area contributed by atoms with E-state index in [2.05, 4.69) is 10.6 Å². The van der Waals surface area contributed by atoms with E-state index in [-0.39, 0.29) is 10.7 Å². The number of halogens is 2. The summed E-state index contributed by atoms with van der Waals surface area (Å²) in [5.41, 5.74) is 0.224. The van der Waals surface area contributed by atoms with E-state index in [0.29, 0.717) is 5.56 Å². The number of nitrogens with one attached hydrogen (secondary N) is 2. The largest absolute Gasteiger partial charge is 0.325 e. The average Bonchev–Trinajstić information content (AvgIpc) is 2.83. The zero-order valence-electron chi connectivity index (χ0n) is 14.7. The summed E-state index contributed by atoms with van der Waals surface area (Å²) >= 11 is 5.79. The van der Waals surface area contributed by atoms with Crippen molar-refractivity contribution in [3.63, 3.8) is 0 Å². The fraction of sp³-hybridized carbons (Fsp3) is 0.211. The van der Waals surface area contributed by atoms with Gasteiger partial charge in [-0.15, -0.1) is 0 Å². The van der Waals surface area contributed by atoms with Gasteiger partial charge in [-0.25, -0.2) is 9.18 Å². The minimum Gasteiger partial charge on any atom is -0.322 e. The molecule has 1 fully saturated rings. The standard InChI is InChI=1S/C19H17ClFN3O3/c1-11-3-5-12(6-4-11)19(2)17(26)24(18(27)23-19)10-16(25)22-15-9-13(20)7-8-14(15)21/h3-9H,10H2,1-2H3,(H,22,25)(H,23,27)/t19-/m0/s1. The molecule has 4 amide bonds. The molecule has 2 aromatic carbocycles. The molecule has 1 heterocycles. The SMILES string of the molecule is Cc1ccc([C@]2(C)NC(=O)N(CC(=O)Nc3cc(Cl)ccc3F)C2=O)cc1. The first-order valence-electron chi connectivity index (χ1n) is 8.17. The maximum atomic E-state index is 13.7. The number of carbonyl (C=O) groups excluding carboxylic acids is 3. The van der Waals surface area contributed by atoms with E-state index >= 15 is 0 Å². The number of carbonyl (C=O) groups is 3. The Morgan fingerprint density at radius 1 is 1.22 bits per heavy atom. The van der Waals surface area contributed by atoms with E-state index in [9.17, 15) is 18.8 Å². The molecule has 140 valence electrons. The summed E-state index contributed by atoms with van der Waals surface area (Å²) in [6.07, 6.45) is 0. The Kier molecular flexibility index (Phi) is 4.89. The highest BCUT2D eigenvalue weighted by molar-refractivity contribution is 6.30. The molecule has 2 aromatic rings. The van der Waals surface area contributed by atoms with Crippen LogP contribution in [0.15, 0.2) is 42.5 Å². The van der Waals surface area contributed by atoms with Crippen LogP contribution < -0.4 is 10.6 Å². The van der Waals surface area contributed by atoms with Gasteiger partial charge in [-0.1, -0.05) is 41.4 Å². The number of urea groups is 1. The highest BCUT2D eigenvalue weighted by Gasteiger charge is 2.49. The molecular formula is C19H17ClFN3O3. The maximum Gasteiger partial charge on any atom is 0.325 e. The van der Waals surface area contributed by atoms with E-state index in [1.54, 1.807) is 19.1 Å². The Morgan fingerprint density at radius 3 is 2.56 bits per heavy atom. The predicted octanol–water partition coefficient (Wildman–Crippen LogP) is 3.19. The molecule has 27 heavy (non-hydrogen) atoms. The number of benzene rings is 2. The van der Waals surface area contributed by atoms with Gasteiger partial charge in [-0.2, -0.15) is 0 Å². The topological polar surface area (TPSA) is 78.5 Å². The Balaban J connectivity index is 1.76. The normalized spacial score (nSPS) is 19.2. The number of rotatable bonds is 4. The summed E-state index contributed by atoms with van der Waals surface area (Å²) < 4.78 is 13.7. The van der Waals surface area contributed by atoms with Crippen molar-refractivity contribution in [1.29, 1.82) is 0 Å². The molecule has 6 nitrogen and oxygen atoms in total. The van der Waals surface area contributed by atoms with Crippen LogP contribution >= 0.6 is 11.6 Å². The zero-order valence-corrected chi connectivity index (χ0v) is 15.4.